The summed E-state index contributed by atoms with van der Waals surface area (Å²) in [4.78, 5) is 0. The lowest BCUT2D eigenvalue weighted by atomic mass is 9.81. The van der Waals surface area contributed by atoms with Gasteiger partial charge in [0.15, 0.2) is 0 Å². The normalized spacial score (nSPS) is 13.7. The van der Waals surface area contributed by atoms with Crippen LogP contribution in [0.25, 0.3) is 11.1 Å². The lowest BCUT2D eigenvalue weighted by molar-refractivity contribution is 0.573. The third-order valence-electron chi connectivity index (χ3n) is 5.75. The third kappa shape index (κ3) is 5.01. The van der Waals surface area contributed by atoms with Gasteiger partial charge in [0.2, 0.25) is 0 Å². The fourth-order valence-corrected chi connectivity index (χ4v) is 4.04. The molecule has 0 radical (unpaired) electrons. The quantitative estimate of drug-likeness (QED) is 0.397. The summed E-state index contributed by atoms with van der Waals surface area (Å²) in [7, 11) is 0. The molecule has 0 nitrogen and oxygen atoms in total. The summed E-state index contributed by atoms with van der Waals surface area (Å²) in [6, 6.07) is 14.0. The minimum Gasteiger partial charge on any atom is -0.102 e. The van der Waals surface area contributed by atoms with Crippen molar-refractivity contribution in [3.63, 3.8) is 0 Å². The third-order valence-corrected chi connectivity index (χ3v) is 5.75. The van der Waals surface area contributed by atoms with E-state index in [4.69, 9.17) is 0 Å². The first-order chi connectivity index (χ1) is 13.1. The molecule has 0 aromatic heterocycles. The Morgan fingerprint density at radius 3 is 2.26 bits per heavy atom. The van der Waals surface area contributed by atoms with Crippen LogP contribution in [-0.2, 0) is 12.8 Å². The van der Waals surface area contributed by atoms with Crippen molar-refractivity contribution >= 4 is 0 Å². The molecule has 2 rings (SSSR count). The molecule has 0 spiro atoms. The average Bonchev–Trinajstić information content (AvgIpc) is 2.71. The largest absolute Gasteiger partial charge is 0.102 e. The van der Waals surface area contributed by atoms with Crippen molar-refractivity contribution in [2.24, 2.45) is 5.92 Å². The Hall–Kier alpha value is -2.08. The van der Waals surface area contributed by atoms with E-state index in [1.807, 2.05) is 0 Å². The van der Waals surface area contributed by atoms with Gasteiger partial charge >= 0.3 is 0 Å². The number of benzene rings is 2. The minimum atomic E-state index is 0.400. The zero-order valence-corrected chi connectivity index (χ0v) is 17.9. The van der Waals surface area contributed by atoms with Crippen molar-refractivity contribution in [1.82, 2.24) is 0 Å². The van der Waals surface area contributed by atoms with Gasteiger partial charge in [0.05, 0.1) is 0 Å². The molecule has 2 aromatic carbocycles. The molecule has 0 aliphatic heterocycles. The molecule has 0 heterocycles. The maximum atomic E-state index is 4.09. The molecular formula is C27H36. The van der Waals surface area contributed by atoms with Gasteiger partial charge in [-0.2, -0.15) is 0 Å². The predicted octanol–water partition coefficient (Wildman–Crippen LogP) is 8.05. The Balaban J connectivity index is 2.45. The van der Waals surface area contributed by atoms with E-state index in [0.29, 0.717) is 11.8 Å². The summed E-state index contributed by atoms with van der Waals surface area (Å²) >= 11 is 0. The van der Waals surface area contributed by atoms with Crippen LogP contribution < -0.4 is 0 Å². The number of allylic oxidation sites excluding steroid dienone is 3. The van der Waals surface area contributed by atoms with E-state index in [-0.39, 0.29) is 0 Å². The SMILES string of the molecule is C=CC(C=CCC)C(CC)c1ccc(-c2ccc(C)c(CC)c2)c(CC)c1. The van der Waals surface area contributed by atoms with Gasteiger partial charge in [-0.15, -0.1) is 6.58 Å². The number of hydrogen-bond donors (Lipinski definition) is 0. The number of rotatable bonds is 9. The summed E-state index contributed by atoms with van der Waals surface area (Å²) in [6.07, 6.45) is 11.0. The standard InChI is InChI=1S/C27H36/c1-7-12-13-21(8-2)26(11-5)24-16-17-27(23(10-4)19-24)25-15-14-20(6)22(9-3)18-25/h8,12-19,21,26H,2,7,9-11H2,1,3-6H3. The second kappa shape index (κ2) is 10.3. The molecule has 2 aromatic rings. The fourth-order valence-electron chi connectivity index (χ4n) is 4.04. The van der Waals surface area contributed by atoms with Crippen LogP contribution in [0.1, 0.15) is 68.7 Å². The Morgan fingerprint density at radius 2 is 1.67 bits per heavy atom. The molecule has 27 heavy (non-hydrogen) atoms. The van der Waals surface area contributed by atoms with Crippen LogP contribution in [0, 0.1) is 12.8 Å². The van der Waals surface area contributed by atoms with Crippen molar-refractivity contribution in [3.8, 4) is 11.1 Å². The molecular weight excluding hydrogens is 324 g/mol. The first-order valence-electron chi connectivity index (χ1n) is 10.6. The first kappa shape index (κ1) is 21.2. The zero-order valence-electron chi connectivity index (χ0n) is 17.9. The number of hydrogen-bond acceptors (Lipinski definition) is 0. The minimum absolute atomic E-state index is 0.400. The summed E-state index contributed by atoms with van der Waals surface area (Å²) < 4.78 is 0. The van der Waals surface area contributed by atoms with E-state index in [1.165, 1.54) is 33.4 Å². The highest BCUT2D eigenvalue weighted by molar-refractivity contribution is 5.69. The van der Waals surface area contributed by atoms with E-state index in [1.54, 1.807) is 0 Å². The van der Waals surface area contributed by atoms with E-state index in [0.717, 1.165) is 25.7 Å². The highest BCUT2D eigenvalue weighted by Crippen LogP contribution is 2.34. The lowest BCUT2D eigenvalue weighted by Crippen LogP contribution is -2.08. The molecule has 2 unspecified atom stereocenters. The van der Waals surface area contributed by atoms with Crippen molar-refractivity contribution in [2.75, 3.05) is 0 Å². The van der Waals surface area contributed by atoms with Crippen molar-refractivity contribution in [1.29, 1.82) is 0 Å². The number of aryl methyl sites for hydroxylation is 3. The van der Waals surface area contributed by atoms with Crippen LogP contribution in [-0.4, -0.2) is 0 Å². The van der Waals surface area contributed by atoms with Crippen molar-refractivity contribution in [3.05, 3.63) is 83.5 Å². The molecule has 0 saturated carbocycles. The van der Waals surface area contributed by atoms with Gasteiger partial charge in [-0.25, -0.2) is 0 Å². The molecule has 2 atom stereocenters. The highest BCUT2D eigenvalue weighted by Gasteiger charge is 2.18. The van der Waals surface area contributed by atoms with E-state index in [2.05, 4.69) is 95.8 Å². The Labute approximate surface area is 167 Å². The lowest BCUT2D eigenvalue weighted by Gasteiger charge is -2.23. The molecule has 0 aliphatic carbocycles. The predicted molar refractivity (Wildman–Crippen MR) is 122 cm³/mol. The van der Waals surface area contributed by atoms with Gasteiger partial charge in [0.25, 0.3) is 0 Å². The summed E-state index contributed by atoms with van der Waals surface area (Å²) in [6.45, 7) is 15.3. The van der Waals surface area contributed by atoms with E-state index >= 15 is 0 Å². The van der Waals surface area contributed by atoms with Gasteiger partial charge in [-0.05, 0) is 71.9 Å². The van der Waals surface area contributed by atoms with Crippen LogP contribution >= 0.6 is 0 Å². The van der Waals surface area contributed by atoms with Crippen molar-refractivity contribution in [2.45, 2.75) is 66.2 Å². The summed E-state index contributed by atoms with van der Waals surface area (Å²) in [5.41, 5.74) is 8.44. The molecule has 144 valence electrons. The van der Waals surface area contributed by atoms with Gasteiger partial charge in [-0.3, -0.25) is 0 Å². The molecule has 0 amide bonds. The van der Waals surface area contributed by atoms with Gasteiger partial charge < -0.3 is 0 Å². The maximum absolute atomic E-state index is 4.09. The van der Waals surface area contributed by atoms with E-state index < -0.39 is 0 Å². The molecule has 0 saturated heterocycles. The van der Waals surface area contributed by atoms with Crippen LogP contribution in [0.4, 0.5) is 0 Å². The topological polar surface area (TPSA) is 0 Å². The molecule has 0 N–H and O–H groups in total. The Kier molecular flexibility index (Phi) is 8.10. The maximum Gasteiger partial charge on any atom is 0.00125 e. The van der Waals surface area contributed by atoms with Gasteiger partial charge in [0.1, 0.15) is 0 Å². The average molecular weight is 361 g/mol. The first-order valence-corrected chi connectivity index (χ1v) is 10.6. The monoisotopic (exact) mass is 360 g/mol. The Bertz CT molecular complexity index is 779. The highest BCUT2D eigenvalue weighted by atomic mass is 14.2. The Morgan fingerprint density at radius 1 is 0.926 bits per heavy atom. The van der Waals surface area contributed by atoms with Crippen LogP contribution in [0.5, 0.6) is 0 Å². The molecule has 0 bridgehead atoms. The summed E-state index contributed by atoms with van der Waals surface area (Å²) in [5.74, 6) is 0.894. The van der Waals surface area contributed by atoms with Crippen molar-refractivity contribution < 1.29 is 0 Å². The van der Waals surface area contributed by atoms with Crippen LogP contribution in [0.3, 0.4) is 0 Å². The smallest absolute Gasteiger partial charge is 0.00125 e. The van der Waals surface area contributed by atoms with E-state index in [9.17, 15) is 0 Å². The zero-order chi connectivity index (χ0) is 19.8. The second-order valence-corrected chi connectivity index (χ2v) is 7.43. The second-order valence-electron chi connectivity index (χ2n) is 7.43. The fraction of sp³-hybridized carbons (Fsp3) is 0.407. The van der Waals surface area contributed by atoms with Crippen LogP contribution in [0.15, 0.2) is 61.2 Å². The van der Waals surface area contributed by atoms with Crippen LogP contribution in [0.2, 0.25) is 0 Å². The summed E-state index contributed by atoms with van der Waals surface area (Å²) in [5, 5.41) is 0. The molecule has 0 heteroatoms. The molecule has 0 fully saturated rings. The van der Waals surface area contributed by atoms with Gasteiger partial charge in [0, 0.05) is 5.92 Å². The van der Waals surface area contributed by atoms with Gasteiger partial charge in [-0.1, -0.05) is 82.3 Å². The molecule has 0 aliphatic rings.